The van der Waals surface area contributed by atoms with E-state index in [-0.39, 0.29) is 0 Å². The summed E-state index contributed by atoms with van der Waals surface area (Å²) in [6.45, 7) is 2.68. The molecule has 0 saturated heterocycles. The second-order valence-electron chi connectivity index (χ2n) is 4.64. The van der Waals surface area contributed by atoms with Gasteiger partial charge in [-0.15, -0.1) is 11.3 Å². The van der Waals surface area contributed by atoms with Crippen molar-refractivity contribution < 1.29 is 0 Å². The van der Waals surface area contributed by atoms with E-state index in [0.29, 0.717) is 11.7 Å². The van der Waals surface area contributed by atoms with Crippen LogP contribution in [0.1, 0.15) is 35.0 Å². The molecule has 3 rings (SSSR count). The molecule has 0 aliphatic heterocycles. The number of thiazole rings is 1. The van der Waals surface area contributed by atoms with Gasteiger partial charge in [0.1, 0.15) is 17.5 Å². The van der Waals surface area contributed by atoms with Crippen molar-refractivity contribution in [1.82, 2.24) is 15.0 Å². The Hall–Kier alpha value is -1.73. The highest BCUT2D eigenvalue weighted by atomic mass is 32.1. The molecule has 0 spiro atoms. The fourth-order valence-corrected chi connectivity index (χ4v) is 2.41. The van der Waals surface area contributed by atoms with Gasteiger partial charge in [0, 0.05) is 22.6 Å². The summed E-state index contributed by atoms with van der Waals surface area (Å²) in [5.74, 6) is 8.44. The second-order valence-corrected chi connectivity index (χ2v) is 5.61. The minimum atomic E-state index is 0.497. The Bertz CT molecular complexity index is 564. The van der Waals surface area contributed by atoms with E-state index in [4.69, 9.17) is 5.84 Å². The molecule has 1 aliphatic carbocycles. The van der Waals surface area contributed by atoms with E-state index in [1.165, 1.54) is 17.7 Å². The minimum Gasteiger partial charge on any atom is -0.365 e. The van der Waals surface area contributed by atoms with Crippen molar-refractivity contribution in [3.8, 4) is 0 Å². The van der Waals surface area contributed by atoms with Gasteiger partial charge in [-0.2, -0.15) is 0 Å². The minimum absolute atomic E-state index is 0.497. The summed E-state index contributed by atoms with van der Waals surface area (Å²) >= 11 is 1.62. The van der Waals surface area contributed by atoms with Gasteiger partial charge in [0.15, 0.2) is 0 Å². The Labute approximate surface area is 115 Å². The van der Waals surface area contributed by atoms with Crippen LogP contribution in [0, 0.1) is 6.92 Å². The molecule has 2 aromatic heterocycles. The maximum atomic E-state index is 5.52. The van der Waals surface area contributed by atoms with Gasteiger partial charge >= 0.3 is 0 Å². The molecule has 0 unspecified atom stereocenters. The molecule has 100 valence electrons. The predicted molar refractivity (Wildman–Crippen MR) is 76.0 cm³/mol. The first-order valence-corrected chi connectivity index (χ1v) is 7.12. The van der Waals surface area contributed by atoms with Crippen LogP contribution in [0.4, 0.5) is 11.6 Å². The zero-order valence-electron chi connectivity index (χ0n) is 10.7. The second kappa shape index (κ2) is 5.10. The summed E-state index contributed by atoms with van der Waals surface area (Å²) in [7, 11) is 0. The summed E-state index contributed by atoms with van der Waals surface area (Å²) in [6.07, 6.45) is 4.20. The third kappa shape index (κ3) is 2.66. The van der Waals surface area contributed by atoms with Crippen LogP contribution in [0.2, 0.25) is 0 Å². The summed E-state index contributed by atoms with van der Waals surface area (Å²) in [6, 6.07) is 0. The van der Waals surface area contributed by atoms with Crippen LogP contribution in [0.25, 0.3) is 0 Å². The van der Waals surface area contributed by atoms with Crippen molar-refractivity contribution in [1.29, 1.82) is 0 Å². The maximum Gasteiger partial charge on any atom is 0.148 e. The van der Waals surface area contributed by atoms with Crippen molar-refractivity contribution in [2.45, 2.75) is 32.2 Å². The molecule has 2 aromatic rings. The van der Waals surface area contributed by atoms with Crippen molar-refractivity contribution in [2.75, 3.05) is 10.7 Å². The number of rotatable bonds is 5. The van der Waals surface area contributed by atoms with E-state index in [1.54, 1.807) is 11.3 Å². The van der Waals surface area contributed by atoms with Crippen LogP contribution < -0.4 is 16.6 Å². The average molecular weight is 276 g/mol. The van der Waals surface area contributed by atoms with Gasteiger partial charge in [0.2, 0.25) is 0 Å². The molecule has 0 radical (unpaired) electrons. The number of nitrogen functional groups attached to an aromatic ring is 1. The number of aromatic nitrogens is 3. The van der Waals surface area contributed by atoms with Gasteiger partial charge in [0.05, 0.1) is 12.1 Å². The summed E-state index contributed by atoms with van der Waals surface area (Å²) in [5.41, 5.74) is 5.42. The molecule has 2 heterocycles. The molecule has 4 N–H and O–H groups in total. The zero-order chi connectivity index (χ0) is 13.2. The van der Waals surface area contributed by atoms with E-state index in [9.17, 15) is 0 Å². The van der Waals surface area contributed by atoms with Crippen LogP contribution in [-0.4, -0.2) is 15.0 Å². The maximum absolute atomic E-state index is 5.52. The van der Waals surface area contributed by atoms with E-state index in [0.717, 1.165) is 23.8 Å². The monoisotopic (exact) mass is 276 g/mol. The largest absolute Gasteiger partial charge is 0.365 e. The highest BCUT2D eigenvalue weighted by molar-refractivity contribution is 7.09. The number of hydrogen-bond donors (Lipinski definition) is 3. The molecular formula is C12H16N6S. The fraction of sp³-hybridized carbons (Fsp3) is 0.417. The lowest BCUT2D eigenvalue weighted by Crippen LogP contribution is -2.14. The van der Waals surface area contributed by atoms with Crippen LogP contribution in [0.15, 0.2) is 11.7 Å². The van der Waals surface area contributed by atoms with Crippen LogP contribution in [0.3, 0.4) is 0 Å². The number of nitrogens with zero attached hydrogens (tertiary/aromatic N) is 3. The molecule has 19 heavy (non-hydrogen) atoms. The van der Waals surface area contributed by atoms with E-state index in [2.05, 4.69) is 25.7 Å². The third-order valence-electron chi connectivity index (χ3n) is 3.16. The summed E-state index contributed by atoms with van der Waals surface area (Å²) < 4.78 is 0. The van der Waals surface area contributed by atoms with Gasteiger partial charge in [-0.05, 0) is 19.8 Å². The third-order valence-corrected chi connectivity index (χ3v) is 3.94. The lowest BCUT2D eigenvalue weighted by molar-refractivity contribution is 0.911. The van der Waals surface area contributed by atoms with Gasteiger partial charge < -0.3 is 10.7 Å². The van der Waals surface area contributed by atoms with Gasteiger partial charge in [-0.1, -0.05) is 0 Å². The molecular weight excluding hydrogens is 260 g/mol. The van der Waals surface area contributed by atoms with Crippen LogP contribution in [-0.2, 0) is 6.54 Å². The number of nitrogens with two attached hydrogens (primary N) is 1. The molecule has 1 aliphatic rings. The summed E-state index contributed by atoms with van der Waals surface area (Å²) in [4.78, 5) is 14.3. The zero-order valence-corrected chi connectivity index (χ0v) is 11.5. The molecule has 6 nitrogen and oxygen atoms in total. The first kappa shape index (κ1) is 12.3. The molecule has 1 saturated carbocycles. The molecule has 0 aromatic carbocycles. The lowest BCUT2D eigenvalue weighted by atomic mass is 10.3. The Balaban J connectivity index is 1.83. The predicted octanol–water partition coefficient (Wildman–Crippen LogP) is 2.02. The van der Waals surface area contributed by atoms with E-state index in [1.807, 2.05) is 18.6 Å². The number of hydrogen-bond acceptors (Lipinski definition) is 7. The van der Waals surface area contributed by atoms with Gasteiger partial charge in [-0.25, -0.2) is 15.8 Å². The Morgan fingerprint density at radius 2 is 2.16 bits per heavy atom. The Kier molecular flexibility index (Phi) is 3.31. The first-order chi connectivity index (χ1) is 9.28. The van der Waals surface area contributed by atoms with Crippen LogP contribution in [0.5, 0.6) is 0 Å². The molecule has 0 atom stereocenters. The average Bonchev–Trinajstić information content (AvgIpc) is 3.14. The summed E-state index contributed by atoms with van der Waals surface area (Å²) in [5, 5.41) is 3.34. The SMILES string of the molecule is Cc1c(NN)nc(C2CC2)nc1NCc1cncs1. The standard InChI is InChI=1S/C12H16N6S/c1-7-10(15-5-9-4-14-6-19-9)16-12(8-2-3-8)17-11(7)18-13/h4,6,8H,2-3,5,13H2,1H3,(H2,15,16,17,18). The molecule has 0 bridgehead atoms. The normalized spacial score (nSPS) is 14.4. The van der Waals surface area contributed by atoms with Crippen molar-refractivity contribution in [3.05, 3.63) is 28.0 Å². The van der Waals surface area contributed by atoms with E-state index < -0.39 is 0 Å². The lowest BCUT2D eigenvalue weighted by Gasteiger charge is -2.12. The van der Waals surface area contributed by atoms with Crippen molar-refractivity contribution in [3.63, 3.8) is 0 Å². The number of nitrogens with one attached hydrogen (secondary N) is 2. The highest BCUT2D eigenvalue weighted by Gasteiger charge is 2.28. The fourth-order valence-electron chi connectivity index (χ4n) is 1.87. The topological polar surface area (TPSA) is 88.8 Å². The van der Waals surface area contributed by atoms with E-state index >= 15 is 0 Å². The number of anilines is 2. The molecule has 1 fully saturated rings. The first-order valence-electron chi connectivity index (χ1n) is 6.24. The van der Waals surface area contributed by atoms with Gasteiger partial charge in [0.25, 0.3) is 0 Å². The van der Waals surface area contributed by atoms with Gasteiger partial charge in [-0.3, -0.25) is 4.98 Å². The number of hydrazine groups is 1. The Morgan fingerprint density at radius 1 is 1.37 bits per heavy atom. The Morgan fingerprint density at radius 3 is 2.79 bits per heavy atom. The van der Waals surface area contributed by atoms with Crippen molar-refractivity contribution in [2.24, 2.45) is 5.84 Å². The van der Waals surface area contributed by atoms with Crippen LogP contribution >= 0.6 is 11.3 Å². The quantitative estimate of drug-likeness (QED) is 0.572. The van der Waals surface area contributed by atoms with Crippen molar-refractivity contribution >= 4 is 23.0 Å². The molecule has 0 amide bonds. The highest BCUT2D eigenvalue weighted by Crippen LogP contribution is 2.39. The smallest absolute Gasteiger partial charge is 0.148 e. The molecule has 7 heteroatoms.